The van der Waals surface area contributed by atoms with E-state index in [-0.39, 0.29) is 23.0 Å². The maximum atomic E-state index is 11.4. The number of ether oxygens (including phenoxy) is 1. The van der Waals surface area contributed by atoms with E-state index in [4.69, 9.17) is 4.74 Å². The fraction of sp³-hybridized carbons (Fsp3) is 0.538. The number of rotatable bonds is 8. The second-order valence-corrected chi connectivity index (χ2v) is 6.55. The van der Waals surface area contributed by atoms with Crippen LogP contribution in [0.2, 0.25) is 0 Å². The highest BCUT2D eigenvalue weighted by Crippen LogP contribution is 2.27. The lowest BCUT2D eigenvalue weighted by Crippen LogP contribution is -2.31. The van der Waals surface area contributed by atoms with Gasteiger partial charge in [0, 0.05) is 18.9 Å². The SMILES string of the molecule is CCCNCC(O)COc1ccc(O)c(S(C)(=O)=O)c1. The molecular weight excluding hydrogens is 282 g/mol. The van der Waals surface area contributed by atoms with Crippen LogP contribution in [0.1, 0.15) is 13.3 Å². The second kappa shape index (κ2) is 7.47. The normalized spacial score (nSPS) is 13.2. The standard InChI is InChI=1S/C13H21NO5S/c1-3-6-14-8-10(15)9-19-11-4-5-12(16)13(7-11)20(2,17)18/h4-5,7,10,14-16H,3,6,8-9H2,1-2H3. The molecule has 0 aliphatic carbocycles. The number of aliphatic hydroxyl groups excluding tert-OH is 1. The van der Waals surface area contributed by atoms with Crippen molar-refractivity contribution in [3.05, 3.63) is 18.2 Å². The maximum absolute atomic E-state index is 11.4. The Hall–Kier alpha value is -1.31. The van der Waals surface area contributed by atoms with Crippen molar-refractivity contribution in [2.24, 2.45) is 0 Å². The van der Waals surface area contributed by atoms with Crippen molar-refractivity contribution in [2.75, 3.05) is 26.0 Å². The third kappa shape index (κ3) is 5.36. The number of nitrogens with one attached hydrogen (secondary N) is 1. The summed E-state index contributed by atoms with van der Waals surface area (Å²) in [4.78, 5) is -0.186. The van der Waals surface area contributed by atoms with Gasteiger partial charge in [0.05, 0.1) is 0 Å². The number of phenols is 1. The lowest BCUT2D eigenvalue weighted by molar-refractivity contribution is 0.106. The summed E-state index contributed by atoms with van der Waals surface area (Å²) < 4.78 is 28.2. The molecule has 0 radical (unpaired) electrons. The molecule has 0 aliphatic rings. The predicted molar refractivity (Wildman–Crippen MR) is 75.9 cm³/mol. The molecule has 7 heteroatoms. The van der Waals surface area contributed by atoms with E-state index in [1.807, 2.05) is 6.92 Å². The molecular formula is C13H21NO5S. The molecule has 0 spiro atoms. The van der Waals surface area contributed by atoms with E-state index >= 15 is 0 Å². The van der Waals surface area contributed by atoms with Crippen LogP contribution in [0.5, 0.6) is 11.5 Å². The van der Waals surface area contributed by atoms with Gasteiger partial charge in [-0.3, -0.25) is 0 Å². The highest BCUT2D eigenvalue weighted by atomic mass is 32.2. The quantitative estimate of drug-likeness (QED) is 0.607. The van der Waals surface area contributed by atoms with Crippen LogP contribution in [-0.2, 0) is 9.84 Å². The average Bonchev–Trinajstić information content (AvgIpc) is 2.36. The van der Waals surface area contributed by atoms with Crippen molar-refractivity contribution in [3.63, 3.8) is 0 Å². The van der Waals surface area contributed by atoms with Gasteiger partial charge in [-0.05, 0) is 25.1 Å². The van der Waals surface area contributed by atoms with Gasteiger partial charge in [0.1, 0.15) is 29.1 Å². The molecule has 1 atom stereocenters. The third-order valence-corrected chi connectivity index (χ3v) is 3.71. The van der Waals surface area contributed by atoms with Crippen molar-refractivity contribution in [2.45, 2.75) is 24.3 Å². The molecule has 20 heavy (non-hydrogen) atoms. The van der Waals surface area contributed by atoms with E-state index in [0.717, 1.165) is 19.2 Å². The maximum Gasteiger partial charge on any atom is 0.179 e. The number of phenolic OH excluding ortho intramolecular Hbond substituents is 1. The number of benzene rings is 1. The van der Waals surface area contributed by atoms with Crippen molar-refractivity contribution in [1.29, 1.82) is 0 Å². The second-order valence-electron chi connectivity index (χ2n) is 4.57. The van der Waals surface area contributed by atoms with Crippen LogP contribution in [0.15, 0.2) is 23.1 Å². The molecule has 0 bridgehead atoms. The van der Waals surface area contributed by atoms with Crippen LogP contribution in [-0.4, -0.2) is 50.7 Å². The van der Waals surface area contributed by atoms with Gasteiger partial charge < -0.3 is 20.3 Å². The van der Waals surface area contributed by atoms with E-state index in [2.05, 4.69) is 5.32 Å². The van der Waals surface area contributed by atoms with Crippen LogP contribution in [0.3, 0.4) is 0 Å². The van der Waals surface area contributed by atoms with Crippen LogP contribution >= 0.6 is 0 Å². The first kappa shape index (κ1) is 16.7. The zero-order valence-corrected chi connectivity index (χ0v) is 12.5. The molecule has 0 saturated heterocycles. The van der Waals surface area contributed by atoms with Crippen LogP contribution < -0.4 is 10.1 Å². The lowest BCUT2D eigenvalue weighted by Gasteiger charge is -2.13. The number of hydrogen-bond acceptors (Lipinski definition) is 6. The minimum atomic E-state index is -3.52. The van der Waals surface area contributed by atoms with E-state index in [1.165, 1.54) is 18.2 Å². The number of sulfone groups is 1. The van der Waals surface area contributed by atoms with Gasteiger partial charge in [-0.2, -0.15) is 0 Å². The van der Waals surface area contributed by atoms with Gasteiger partial charge in [-0.15, -0.1) is 0 Å². The van der Waals surface area contributed by atoms with Crippen LogP contribution in [0.4, 0.5) is 0 Å². The van der Waals surface area contributed by atoms with Crippen molar-refractivity contribution >= 4 is 9.84 Å². The van der Waals surface area contributed by atoms with Crippen molar-refractivity contribution in [3.8, 4) is 11.5 Å². The van der Waals surface area contributed by atoms with Gasteiger partial charge in [-0.1, -0.05) is 6.92 Å². The van der Waals surface area contributed by atoms with Crippen LogP contribution in [0, 0.1) is 0 Å². The van der Waals surface area contributed by atoms with E-state index in [1.54, 1.807) is 0 Å². The van der Waals surface area contributed by atoms with Gasteiger partial charge in [0.2, 0.25) is 0 Å². The molecule has 114 valence electrons. The molecule has 0 fully saturated rings. The summed E-state index contributed by atoms with van der Waals surface area (Å²) in [5.74, 6) is -0.0252. The Morgan fingerprint density at radius 1 is 1.40 bits per heavy atom. The van der Waals surface area contributed by atoms with Gasteiger partial charge in [0.25, 0.3) is 0 Å². The summed E-state index contributed by atoms with van der Waals surface area (Å²) in [5.41, 5.74) is 0. The predicted octanol–water partition coefficient (Wildman–Crippen LogP) is 0.535. The monoisotopic (exact) mass is 303 g/mol. The van der Waals surface area contributed by atoms with Crippen molar-refractivity contribution in [1.82, 2.24) is 5.32 Å². The summed E-state index contributed by atoms with van der Waals surface area (Å²) in [6, 6.07) is 3.96. The summed E-state index contributed by atoms with van der Waals surface area (Å²) in [6.45, 7) is 3.29. The first-order valence-corrected chi connectivity index (χ1v) is 8.28. The number of aromatic hydroxyl groups is 1. The lowest BCUT2D eigenvalue weighted by atomic mass is 10.3. The Bertz CT molecular complexity index is 530. The third-order valence-electron chi connectivity index (χ3n) is 2.58. The summed E-state index contributed by atoms with van der Waals surface area (Å²) >= 11 is 0. The summed E-state index contributed by atoms with van der Waals surface area (Å²) in [5, 5.41) is 22.2. The molecule has 1 aromatic rings. The minimum Gasteiger partial charge on any atom is -0.507 e. The Balaban J connectivity index is 2.61. The average molecular weight is 303 g/mol. The first-order valence-electron chi connectivity index (χ1n) is 6.39. The van der Waals surface area contributed by atoms with Crippen LogP contribution in [0.25, 0.3) is 0 Å². The molecule has 0 saturated carbocycles. The van der Waals surface area contributed by atoms with E-state index in [0.29, 0.717) is 6.54 Å². The fourth-order valence-corrected chi connectivity index (χ4v) is 2.36. The Labute approximate surface area is 119 Å². The van der Waals surface area contributed by atoms with Crippen molar-refractivity contribution < 1.29 is 23.4 Å². The largest absolute Gasteiger partial charge is 0.507 e. The first-order chi connectivity index (χ1) is 9.34. The molecule has 1 rings (SSSR count). The van der Waals surface area contributed by atoms with Gasteiger partial charge in [-0.25, -0.2) is 8.42 Å². The highest BCUT2D eigenvalue weighted by Gasteiger charge is 2.14. The Kier molecular flexibility index (Phi) is 6.25. The minimum absolute atomic E-state index is 0.0463. The highest BCUT2D eigenvalue weighted by molar-refractivity contribution is 7.90. The fourth-order valence-electron chi connectivity index (χ4n) is 1.58. The molecule has 3 N–H and O–H groups in total. The number of hydrogen-bond donors (Lipinski definition) is 3. The molecule has 6 nitrogen and oxygen atoms in total. The molecule has 0 aliphatic heterocycles. The number of aliphatic hydroxyl groups is 1. The molecule has 0 heterocycles. The van der Waals surface area contributed by atoms with Gasteiger partial charge in [0.15, 0.2) is 9.84 Å². The Morgan fingerprint density at radius 3 is 2.70 bits per heavy atom. The van der Waals surface area contributed by atoms with E-state index < -0.39 is 15.9 Å². The topological polar surface area (TPSA) is 95.9 Å². The summed E-state index contributed by atoms with van der Waals surface area (Å²) in [6.07, 6.45) is 1.30. The summed E-state index contributed by atoms with van der Waals surface area (Å²) in [7, 11) is -3.52. The van der Waals surface area contributed by atoms with E-state index in [9.17, 15) is 18.6 Å². The zero-order valence-electron chi connectivity index (χ0n) is 11.7. The smallest absolute Gasteiger partial charge is 0.179 e. The molecule has 1 aromatic carbocycles. The molecule has 0 amide bonds. The zero-order chi connectivity index (χ0) is 15.2. The molecule has 1 unspecified atom stereocenters. The van der Waals surface area contributed by atoms with Gasteiger partial charge >= 0.3 is 0 Å². The molecule has 0 aromatic heterocycles. The Morgan fingerprint density at radius 2 is 2.10 bits per heavy atom.